The maximum absolute atomic E-state index is 13.5. The molecule has 1 aliphatic rings. The molecule has 178 valence electrons. The summed E-state index contributed by atoms with van der Waals surface area (Å²) in [6, 6.07) is 22.9. The first-order valence-corrected chi connectivity index (χ1v) is 14.1. The first kappa shape index (κ1) is 22.8. The second-order valence-electron chi connectivity index (χ2n) is 8.09. The highest BCUT2D eigenvalue weighted by atomic mass is 32.2. The molecule has 6 nitrogen and oxygen atoms in total. The number of sulfone groups is 1. The molecule has 0 bridgehead atoms. The number of nitrogens with one attached hydrogen (secondary N) is 1. The second kappa shape index (κ2) is 9.09. The fourth-order valence-corrected chi connectivity index (χ4v) is 7.31. The van der Waals surface area contributed by atoms with E-state index in [0.29, 0.717) is 16.4 Å². The second-order valence-corrected chi connectivity index (χ2v) is 12.2. The number of carbonyl (C=O) groups is 1. The zero-order chi connectivity index (χ0) is 24.7. The van der Waals surface area contributed by atoms with Crippen molar-refractivity contribution < 1.29 is 17.9 Å². The van der Waals surface area contributed by atoms with Crippen molar-refractivity contribution in [1.29, 1.82) is 0 Å². The highest BCUT2D eigenvalue weighted by Crippen LogP contribution is 2.49. The van der Waals surface area contributed by atoms with Crippen LogP contribution in [-0.4, -0.2) is 19.3 Å². The Labute approximate surface area is 215 Å². The molecule has 3 aromatic carbocycles. The molecule has 0 saturated heterocycles. The van der Waals surface area contributed by atoms with Crippen molar-refractivity contribution in [2.45, 2.75) is 26.1 Å². The Morgan fingerprint density at radius 1 is 0.944 bits per heavy atom. The van der Waals surface area contributed by atoms with E-state index >= 15 is 0 Å². The van der Waals surface area contributed by atoms with Crippen molar-refractivity contribution in [2.75, 3.05) is 0 Å². The van der Waals surface area contributed by atoms with E-state index in [2.05, 4.69) is 10.3 Å². The van der Waals surface area contributed by atoms with Gasteiger partial charge < -0.3 is 10.1 Å². The molecule has 1 aliphatic heterocycles. The van der Waals surface area contributed by atoms with E-state index in [0.717, 1.165) is 25.4 Å². The van der Waals surface area contributed by atoms with Gasteiger partial charge in [-0.3, -0.25) is 9.78 Å². The summed E-state index contributed by atoms with van der Waals surface area (Å²) in [6.07, 6.45) is 3.43. The average molecular weight is 531 g/mol. The molecule has 9 heteroatoms. The summed E-state index contributed by atoms with van der Waals surface area (Å²) in [5.41, 5.74) is 0.793. The van der Waals surface area contributed by atoms with Gasteiger partial charge in [0.15, 0.2) is 5.75 Å². The monoisotopic (exact) mass is 530 g/mol. The van der Waals surface area contributed by atoms with Crippen LogP contribution in [0.1, 0.15) is 15.2 Å². The third-order valence-electron chi connectivity index (χ3n) is 5.75. The number of carbonyl (C=O) groups excluding carboxylic acids is 1. The fraction of sp³-hybridized carbons (Fsp3) is 0.0370. The summed E-state index contributed by atoms with van der Waals surface area (Å²) in [6.45, 7) is 0.281. The molecule has 0 radical (unpaired) electrons. The van der Waals surface area contributed by atoms with Crippen LogP contribution in [0.5, 0.6) is 11.5 Å². The minimum absolute atomic E-state index is 0.127. The Hall–Kier alpha value is -3.66. The molecule has 1 amide bonds. The lowest BCUT2D eigenvalue weighted by molar-refractivity contribution is 0.0955. The van der Waals surface area contributed by atoms with Crippen LogP contribution in [0.15, 0.2) is 111 Å². The molecule has 5 aromatic rings. The van der Waals surface area contributed by atoms with Gasteiger partial charge >= 0.3 is 0 Å². The average Bonchev–Trinajstić information content (AvgIpc) is 3.35. The number of ether oxygens (including phenoxy) is 1. The number of hydrogen-bond donors (Lipinski definition) is 1. The Balaban J connectivity index is 1.20. The highest BCUT2D eigenvalue weighted by Gasteiger charge is 2.28. The molecule has 0 unspecified atom stereocenters. The Morgan fingerprint density at radius 3 is 2.58 bits per heavy atom. The number of fused-ring (bicyclic) bond motifs is 3. The van der Waals surface area contributed by atoms with E-state index in [9.17, 15) is 13.2 Å². The number of thiophene rings is 1. The van der Waals surface area contributed by atoms with Crippen LogP contribution >= 0.6 is 23.1 Å². The third kappa shape index (κ3) is 4.15. The van der Waals surface area contributed by atoms with Crippen LogP contribution in [-0.2, 0) is 16.4 Å². The van der Waals surface area contributed by atoms with Crippen LogP contribution in [0.4, 0.5) is 0 Å². The fourth-order valence-electron chi connectivity index (χ4n) is 3.91. The molecule has 3 heterocycles. The normalized spacial score (nSPS) is 12.4. The molecule has 0 aliphatic carbocycles. The highest BCUT2D eigenvalue weighted by molar-refractivity contribution is 7.99. The van der Waals surface area contributed by atoms with Crippen LogP contribution in [0.3, 0.4) is 0 Å². The lowest BCUT2D eigenvalue weighted by atomic mass is 10.2. The molecule has 36 heavy (non-hydrogen) atoms. The molecule has 1 N–H and O–H groups in total. The predicted molar refractivity (Wildman–Crippen MR) is 140 cm³/mol. The first-order valence-electron chi connectivity index (χ1n) is 11.0. The molecule has 0 saturated carbocycles. The number of hydrogen-bond acceptors (Lipinski definition) is 7. The van der Waals surface area contributed by atoms with E-state index < -0.39 is 9.84 Å². The van der Waals surface area contributed by atoms with Crippen molar-refractivity contribution in [1.82, 2.24) is 10.3 Å². The molecule has 0 spiro atoms. The van der Waals surface area contributed by atoms with Gasteiger partial charge in [-0.05, 0) is 59.5 Å². The lowest BCUT2D eigenvalue weighted by Gasteiger charge is -2.21. The zero-order valence-corrected chi connectivity index (χ0v) is 21.1. The number of pyridine rings is 1. The largest absolute Gasteiger partial charge is 0.454 e. The standard InChI is InChI=1S/C27H18N2O4S3/c30-27(23-14-18-12-13-28-16-24(18)35-23)29-15-17-8-10-19(11-9-17)36(31,32)25-7-3-6-22-26(25)33-20-4-1-2-5-21(20)34-22/h1-14,16H,15H2,(H,29,30). The van der Waals surface area contributed by atoms with Crippen LogP contribution in [0.2, 0.25) is 0 Å². The van der Waals surface area contributed by atoms with E-state index in [1.807, 2.05) is 42.5 Å². The van der Waals surface area contributed by atoms with Crippen molar-refractivity contribution in [3.8, 4) is 11.5 Å². The predicted octanol–water partition coefficient (Wildman–Crippen LogP) is 6.32. The van der Waals surface area contributed by atoms with Gasteiger partial charge in [0, 0.05) is 18.9 Å². The number of amides is 1. The minimum atomic E-state index is -3.82. The van der Waals surface area contributed by atoms with E-state index in [-0.39, 0.29) is 22.2 Å². The Bertz CT molecular complexity index is 1700. The topological polar surface area (TPSA) is 85.4 Å². The SMILES string of the molecule is O=C(NCc1ccc(S(=O)(=O)c2cccc3c2Oc2ccccc2S3)cc1)c1cc2ccncc2s1. The lowest BCUT2D eigenvalue weighted by Crippen LogP contribution is -2.21. The molecule has 0 atom stereocenters. The van der Waals surface area contributed by atoms with Crippen molar-refractivity contribution >= 4 is 48.9 Å². The number of para-hydroxylation sites is 2. The summed E-state index contributed by atoms with van der Waals surface area (Å²) in [7, 11) is -3.82. The first-order chi connectivity index (χ1) is 17.5. The Morgan fingerprint density at radius 2 is 1.75 bits per heavy atom. The quantitative estimate of drug-likeness (QED) is 0.281. The molecule has 6 rings (SSSR count). The van der Waals surface area contributed by atoms with E-state index in [4.69, 9.17) is 4.74 Å². The maximum atomic E-state index is 13.5. The van der Waals surface area contributed by atoms with E-state index in [1.165, 1.54) is 23.1 Å². The summed E-state index contributed by atoms with van der Waals surface area (Å²) in [4.78, 5) is 19.3. The minimum Gasteiger partial charge on any atom is -0.454 e. The van der Waals surface area contributed by atoms with Crippen LogP contribution < -0.4 is 10.1 Å². The molecular formula is C27H18N2O4S3. The third-order valence-corrected chi connectivity index (χ3v) is 9.72. The smallest absolute Gasteiger partial charge is 0.261 e. The summed E-state index contributed by atoms with van der Waals surface area (Å²) < 4.78 is 34.0. The van der Waals surface area contributed by atoms with Gasteiger partial charge in [0.2, 0.25) is 9.84 Å². The van der Waals surface area contributed by atoms with Gasteiger partial charge in [-0.2, -0.15) is 0 Å². The van der Waals surface area contributed by atoms with Crippen molar-refractivity contribution in [3.63, 3.8) is 0 Å². The number of nitrogens with zero attached hydrogens (tertiary/aromatic N) is 1. The van der Waals surface area contributed by atoms with Gasteiger partial charge in [-0.15, -0.1) is 11.3 Å². The Kier molecular flexibility index (Phi) is 5.75. The van der Waals surface area contributed by atoms with Gasteiger partial charge in [0.25, 0.3) is 5.91 Å². The van der Waals surface area contributed by atoms with Gasteiger partial charge in [-0.1, -0.05) is 42.1 Å². The number of aromatic nitrogens is 1. The summed E-state index contributed by atoms with van der Waals surface area (Å²) in [5.74, 6) is 0.799. The van der Waals surface area contributed by atoms with Crippen LogP contribution in [0, 0.1) is 0 Å². The van der Waals surface area contributed by atoms with Crippen molar-refractivity contribution in [2.24, 2.45) is 0 Å². The maximum Gasteiger partial charge on any atom is 0.261 e. The molecule has 0 fully saturated rings. The number of benzene rings is 3. The van der Waals surface area contributed by atoms with E-state index in [1.54, 1.807) is 48.8 Å². The van der Waals surface area contributed by atoms with Crippen molar-refractivity contribution in [3.05, 3.63) is 102 Å². The number of rotatable bonds is 5. The van der Waals surface area contributed by atoms with Gasteiger partial charge in [0.05, 0.1) is 24.3 Å². The molecular weight excluding hydrogens is 513 g/mol. The van der Waals surface area contributed by atoms with Crippen LogP contribution in [0.25, 0.3) is 10.1 Å². The van der Waals surface area contributed by atoms with Gasteiger partial charge in [-0.25, -0.2) is 8.42 Å². The zero-order valence-electron chi connectivity index (χ0n) is 18.7. The summed E-state index contributed by atoms with van der Waals surface area (Å²) in [5, 5.41) is 3.87. The van der Waals surface area contributed by atoms with Gasteiger partial charge in [0.1, 0.15) is 10.6 Å². The summed E-state index contributed by atoms with van der Waals surface area (Å²) >= 11 is 2.87. The molecule has 2 aromatic heterocycles.